The van der Waals surface area contributed by atoms with Gasteiger partial charge in [0.25, 0.3) is 0 Å². The van der Waals surface area contributed by atoms with Crippen molar-refractivity contribution < 1.29 is 4.74 Å². The lowest BCUT2D eigenvalue weighted by molar-refractivity contribution is 0.414. The molecule has 1 aromatic carbocycles. The Labute approximate surface area is 133 Å². The van der Waals surface area contributed by atoms with Crippen LogP contribution in [0.25, 0.3) is 0 Å². The van der Waals surface area contributed by atoms with Gasteiger partial charge in [-0.1, -0.05) is 38.9 Å². The Morgan fingerprint density at radius 1 is 1.38 bits per heavy atom. The summed E-state index contributed by atoms with van der Waals surface area (Å²) in [6, 6.07) is 6.58. The van der Waals surface area contributed by atoms with Crippen molar-refractivity contribution in [3.63, 3.8) is 0 Å². The van der Waals surface area contributed by atoms with Gasteiger partial charge in [0.2, 0.25) is 0 Å². The molecule has 1 aromatic rings. The van der Waals surface area contributed by atoms with Crippen LogP contribution in [-0.2, 0) is 0 Å². The molecule has 1 fully saturated rings. The second kappa shape index (κ2) is 7.12. The number of nitrogens with two attached hydrogens (primary N) is 1. The number of benzene rings is 1. The summed E-state index contributed by atoms with van der Waals surface area (Å²) in [5.74, 6) is 1.45. The van der Waals surface area contributed by atoms with Crippen molar-refractivity contribution in [1.29, 1.82) is 0 Å². The Hall–Kier alpha value is -1.29. The van der Waals surface area contributed by atoms with Gasteiger partial charge in [0.15, 0.2) is 0 Å². The molecule has 0 atom stereocenters. The lowest BCUT2D eigenvalue weighted by Crippen LogP contribution is -2.37. The molecular weight excluding hydrogens is 280 g/mol. The van der Waals surface area contributed by atoms with Crippen molar-refractivity contribution in [3.05, 3.63) is 23.8 Å². The fraction of sp³-hybridized carbons (Fsp3) is 0.588. The maximum Gasteiger partial charge on any atom is 0.120 e. The molecule has 1 aliphatic rings. The van der Waals surface area contributed by atoms with Crippen LogP contribution in [0, 0.1) is 5.92 Å². The summed E-state index contributed by atoms with van der Waals surface area (Å²) in [4.78, 5) is 2.95. The zero-order valence-corrected chi connectivity index (χ0v) is 14.1. The molecule has 1 saturated carbocycles. The van der Waals surface area contributed by atoms with Gasteiger partial charge < -0.3 is 15.4 Å². The number of ether oxygens (including phenoxy) is 1. The average molecular weight is 306 g/mol. The zero-order chi connectivity index (χ0) is 15.4. The van der Waals surface area contributed by atoms with Gasteiger partial charge in [-0.25, -0.2) is 0 Å². The Morgan fingerprint density at radius 2 is 2.05 bits per heavy atom. The van der Waals surface area contributed by atoms with Gasteiger partial charge in [0.1, 0.15) is 10.7 Å². The minimum Gasteiger partial charge on any atom is -0.497 e. The van der Waals surface area contributed by atoms with Gasteiger partial charge in [0.05, 0.1) is 12.8 Å². The molecule has 1 aliphatic carbocycles. The van der Waals surface area contributed by atoms with Gasteiger partial charge in [-0.2, -0.15) is 0 Å². The van der Waals surface area contributed by atoms with Crippen LogP contribution in [0.1, 0.15) is 45.1 Å². The molecule has 0 aromatic heterocycles. The Kier molecular flexibility index (Phi) is 5.45. The Morgan fingerprint density at radius 3 is 2.57 bits per heavy atom. The predicted molar refractivity (Wildman–Crippen MR) is 93.3 cm³/mol. The largest absolute Gasteiger partial charge is 0.497 e. The molecule has 0 heterocycles. The number of methoxy groups -OCH3 is 1. The highest BCUT2D eigenvalue weighted by Gasteiger charge is 2.26. The Bertz CT molecular complexity index is 496. The standard InChI is InChI=1S/C17H26N2OS/c1-12(2)11-19(13-6-4-5-7-13)16-10-14(20-3)8-9-15(16)17(18)21/h8-10,12-13H,4-7,11H2,1-3H3,(H2,18,21). The molecule has 0 radical (unpaired) electrons. The Balaban J connectivity index is 2.43. The molecule has 0 saturated heterocycles. The van der Waals surface area contributed by atoms with Crippen LogP contribution in [-0.4, -0.2) is 24.7 Å². The van der Waals surface area contributed by atoms with Crippen LogP contribution in [0.4, 0.5) is 5.69 Å². The highest BCUT2D eigenvalue weighted by atomic mass is 32.1. The lowest BCUT2D eigenvalue weighted by atomic mass is 10.1. The monoisotopic (exact) mass is 306 g/mol. The van der Waals surface area contributed by atoms with Crippen molar-refractivity contribution in [2.45, 2.75) is 45.6 Å². The number of hydrogen-bond acceptors (Lipinski definition) is 3. The summed E-state index contributed by atoms with van der Waals surface area (Å²) < 4.78 is 5.40. The smallest absolute Gasteiger partial charge is 0.120 e. The second-order valence-corrected chi connectivity index (χ2v) is 6.67. The molecule has 0 amide bonds. The first kappa shape index (κ1) is 16.1. The number of rotatable bonds is 6. The minimum atomic E-state index is 0.458. The van der Waals surface area contributed by atoms with E-state index in [-0.39, 0.29) is 0 Å². The van der Waals surface area contributed by atoms with Crippen molar-refractivity contribution in [2.75, 3.05) is 18.6 Å². The van der Waals surface area contributed by atoms with Crippen LogP contribution in [0.3, 0.4) is 0 Å². The minimum absolute atomic E-state index is 0.458. The first-order valence-electron chi connectivity index (χ1n) is 7.77. The average Bonchev–Trinajstić information content (AvgIpc) is 2.97. The molecule has 21 heavy (non-hydrogen) atoms. The van der Waals surface area contributed by atoms with Crippen molar-refractivity contribution in [2.24, 2.45) is 11.7 Å². The maximum atomic E-state index is 5.94. The van der Waals surface area contributed by atoms with E-state index < -0.39 is 0 Å². The third-order valence-electron chi connectivity index (χ3n) is 4.11. The van der Waals surface area contributed by atoms with Gasteiger partial charge in [-0.15, -0.1) is 0 Å². The van der Waals surface area contributed by atoms with Crippen LogP contribution < -0.4 is 15.4 Å². The number of thiocarbonyl (C=S) groups is 1. The van der Waals surface area contributed by atoms with Crippen LogP contribution in [0.2, 0.25) is 0 Å². The highest BCUT2D eigenvalue weighted by Crippen LogP contribution is 2.33. The molecule has 3 nitrogen and oxygen atoms in total. The maximum absolute atomic E-state index is 5.94. The molecule has 0 aliphatic heterocycles. The first-order chi connectivity index (χ1) is 10.0. The number of nitrogens with zero attached hydrogens (tertiary/aromatic N) is 1. The van der Waals surface area contributed by atoms with E-state index in [1.165, 1.54) is 25.7 Å². The normalized spacial score (nSPS) is 15.4. The summed E-state index contributed by atoms with van der Waals surface area (Å²) in [5, 5.41) is 0. The van der Waals surface area contributed by atoms with E-state index in [2.05, 4.69) is 24.8 Å². The van der Waals surface area contributed by atoms with Crippen LogP contribution in [0.15, 0.2) is 18.2 Å². The van der Waals surface area contributed by atoms with Crippen LogP contribution in [0.5, 0.6) is 5.75 Å². The third kappa shape index (κ3) is 3.88. The fourth-order valence-electron chi connectivity index (χ4n) is 3.14. The molecule has 0 unspecified atom stereocenters. The van der Waals surface area contributed by atoms with Crippen molar-refractivity contribution in [1.82, 2.24) is 0 Å². The predicted octanol–water partition coefficient (Wildman–Crippen LogP) is 3.73. The lowest BCUT2D eigenvalue weighted by Gasteiger charge is -2.34. The van der Waals surface area contributed by atoms with Crippen molar-refractivity contribution >= 4 is 22.9 Å². The van der Waals surface area contributed by atoms with E-state index in [1.807, 2.05) is 12.1 Å². The quantitative estimate of drug-likeness (QED) is 0.813. The first-order valence-corrected chi connectivity index (χ1v) is 8.18. The molecule has 0 spiro atoms. The van der Waals surface area contributed by atoms with E-state index >= 15 is 0 Å². The fourth-order valence-corrected chi connectivity index (χ4v) is 3.31. The van der Waals surface area contributed by atoms with Gasteiger partial charge >= 0.3 is 0 Å². The van der Waals surface area contributed by atoms with E-state index in [0.717, 1.165) is 23.5 Å². The topological polar surface area (TPSA) is 38.5 Å². The molecule has 4 heteroatoms. The van der Waals surface area contributed by atoms with E-state index in [4.69, 9.17) is 22.7 Å². The molecule has 116 valence electrons. The second-order valence-electron chi connectivity index (χ2n) is 6.23. The number of anilines is 1. The van der Waals surface area contributed by atoms with E-state index in [1.54, 1.807) is 7.11 Å². The highest BCUT2D eigenvalue weighted by molar-refractivity contribution is 7.80. The number of hydrogen-bond donors (Lipinski definition) is 1. The van der Waals surface area contributed by atoms with Gasteiger partial charge in [-0.05, 0) is 30.9 Å². The zero-order valence-electron chi connectivity index (χ0n) is 13.3. The molecule has 2 N–H and O–H groups in total. The SMILES string of the molecule is COc1ccc(C(N)=S)c(N(CC(C)C)C2CCCC2)c1. The van der Waals surface area contributed by atoms with Crippen molar-refractivity contribution in [3.8, 4) is 5.75 Å². The van der Waals surface area contributed by atoms with E-state index in [0.29, 0.717) is 16.9 Å². The molecular formula is C17H26N2OS. The van der Waals surface area contributed by atoms with E-state index in [9.17, 15) is 0 Å². The summed E-state index contributed by atoms with van der Waals surface area (Å²) in [7, 11) is 1.70. The van der Waals surface area contributed by atoms with Crippen LogP contribution >= 0.6 is 12.2 Å². The summed E-state index contributed by atoms with van der Waals surface area (Å²) in [6.45, 7) is 5.53. The van der Waals surface area contributed by atoms with Gasteiger partial charge in [0, 0.05) is 24.2 Å². The summed E-state index contributed by atoms with van der Waals surface area (Å²) >= 11 is 5.25. The summed E-state index contributed by atoms with van der Waals surface area (Å²) in [6.07, 6.45) is 5.12. The molecule has 0 bridgehead atoms. The molecule has 2 rings (SSSR count). The summed E-state index contributed by atoms with van der Waals surface area (Å²) in [5.41, 5.74) is 8.02. The van der Waals surface area contributed by atoms with Gasteiger partial charge in [-0.3, -0.25) is 0 Å². The third-order valence-corrected chi connectivity index (χ3v) is 4.33.